The Bertz CT molecular complexity index is 677. The van der Waals surface area contributed by atoms with Crippen LogP contribution in [-0.4, -0.2) is 18.1 Å². The fraction of sp³-hybridized carbons (Fsp3) is 0.200. The van der Waals surface area contributed by atoms with E-state index in [1.807, 2.05) is 26.0 Å². The van der Waals surface area contributed by atoms with Gasteiger partial charge in [-0.15, -0.1) is 0 Å². The number of ether oxygens (including phenoxy) is 1. The van der Waals surface area contributed by atoms with Crippen molar-refractivity contribution in [3.63, 3.8) is 0 Å². The number of esters is 1. The quantitative estimate of drug-likeness (QED) is 0.477. The fourth-order valence-corrected chi connectivity index (χ4v) is 1.98. The van der Waals surface area contributed by atoms with E-state index in [9.17, 15) is 4.79 Å². The van der Waals surface area contributed by atoms with Crippen molar-refractivity contribution < 1.29 is 9.53 Å². The molecule has 0 aliphatic rings. The molecule has 0 saturated heterocycles. The van der Waals surface area contributed by atoms with Gasteiger partial charge in [-0.05, 0) is 49.2 Å². The summed E-state index contributed by atoms with van der Waals surface area (Å²) in [6, 6.07) is 5.98. The van der Waals surface area contributed by atoms with Crippen molar-refractivity contribution in [1.29, 1.82) is 0 Å². The SMILES string of the molecule is COC(=O)/C=C/c1cc2cc(C)c(C)cc2nc1Cl. The minimum atomic E-state index is -0.420. The molecule has 0 amide bonds. The summed E-state index contributed by atoms with van der Waals surface area (Å²) in [4.78, 5) is 15.4. The molecule has 0 saturated carbocycles. The minimum Gasteiger partial charge on any atom is -0.466 e. The molecule has 0 unspecified atom stereocenters. The summed E-state index contributed by atoms with van der Waals surface area (Å²) in [7, 11) is 1.33. The van der Waals surface area contributed by atoms with E-state index in [4.69, 9.17) is 11.6 Å². The summed E-state index contributed by atoms with van der Waals surface area (Å²) in [5.74, 6) is -0.420. The van der Waals surface area contributed by atoms with Crippen LogP contribution in [0.3, 0.4) is 0 Å². The van der Waals surface area contributed by atoms with E-state index >= 15 is 0 Å². The lowest BCUT2D eigenvalue weighted by Gasteiger charge is -2.06. The van der Waals surface area contributed by atoms with Crippen molar-refractivity contribution in [2.75, 3.05) is 7.11 Å². The number of aryl methyl sites for hydroxylation is 2. The van der Waals surface area contributed by atoms with Crippen molar-refractivity contribution in [2.24, 2.45) is 0 Å². The zero-order valence-electron chi connectivity index (χ0n) is 11.0. The van der Waals surface area contributed by atoms with Gasteiger partial charge in [-0.2, -0.15) is 0 Å². The number of pyridine rings is 1. The van der Waals surface area contributed by atoms with Crippen LogP contribution in [0.4, 0.5) is 0 Å². The highest BCUT2D eigenvalue weighted by Crippen LogP contribution is 2.24. The van der Waals surface area contributed by atoms with Gasteiger partial charge < -0.3 is 4.74 Å². The average Bonchev–Trinajstić information content (AvgIpc) is 2.38. The first-order chi connectivity index (χ1) is 9.01. The van der Waals surface area contributed by atoms with Crippen LogP contribution < -0.4 is 0 Å². The van der Waals surface area contributed by atoms with E-state index in [-0.39, 0.29) is 0 Å². The molecule has 1 heterocycles. The molecular weight excluding hydrogens is 262 g/mol. The Morgan fingerprint density at radius 1 is 1.26 bits per heavy atom. The molecule has 0 aliphatic heterocycles. The van der Waals surface area contributed by atoms with E-state index in [2.05, 4.69) is 15.8 Å². The number of carbonyl (C=O) groups is 1. The largest absolute Gasteiger partial charge is 0.466 e. The predicted octanol–water partition coefficient (Wildman–Crippen LogP) is 3.69. The average molecular weight is 276 g/mol. The maximum Gasteiger partial charge on any atom is 0.330 e. The second-order valence-corrected chi connectivity index (χ2v) is 4.71. The number of aromatic nitrogens is 1. The van der Waals surface area contributed by atoms with Crippen molar-refractivity contribution in [1.82, 2.24) is 4.98 Å². The molecule has 1 aromatic carbocycles. The summed E-state index contributed by atoms with van der Waals surface area (Å²) in [5, 5.41) is 1.37. The Kier molecular flexibility index (Phi) is 3.86. The van der Waals surface area contributed by atoms with Gasteiger partial charge in [-0.25, -0.2) is 9.78 Å². The third kappa shape index (κ3) is 2.93. The van der Waals surface area contributed by atoms with E-state index in [0.717, 1.165) is 10.9 Å². The standard InChI is InChI=1S/C15H14ClNO2/c1-9-6-12-8-11(4-5-14(18)19-3)15(16)17-13(12)7-10(9)2/h4-8H,1-3H3/b5-4+. The maximum atomic E-state index is 11.1. The van der Waals surface area contributed by atoms with Gasteiger partial charge in [0.15, 0.2) is 0 Å². The van der Waals surface area contributed by atoms with Crippen LogP contribution in [0.15, 0.2) is 24.3 Å². The molecule has 0 spiro atoms. The summed E-state index contributed by atoms with van der Waals surface area (Å²) < 4.78 is 4.54. The van der Waals surface area contributed by atoms with Gasteiger partial charge in [-0.3, -0.25) is 0 Å². The number of halogens is 1. The molecular formula is C15H14ClNO2. The van der Waals surface area contributed by atoms with E-state index in [1.54, 1.807) is 6.08 Å². The molecule has 98 valence electrons. The number of hydrogen-bond acceptors (Lipinski definition) is 3. The zero-order chi connectivity index (χ0) is 14.0. The number of carbonyl (C=O) groups excluding carboxylic acids is 1. The summed E-state index contributed by atoms with van der Waals surface area (Å²) in [6.07, 6.45) is 2.94. The van der Waals surface area contributed by atoms with Crippen LogP contribution in [0.25, 0.3) is 17.0 Å². The van der Waals surface area contributed by atoms with Crippen LogP contribution in [0.1, 0.15) is 16.7 Å². The van der Waals surface area contributed by atoms with E-state index in [1.165, 1.54) is 24.3 Å². The van der Waals surface area contributed by atoms with Gasteiger partial charge >= 0.3 is 5.97 Å². The molecule has 1 aromatic heterocycles. The number of benzene rings is 1. The summed E-state index contributed by atoms with van der Waals surface area (Å²) in [5.41, 5.74) is 3.92. The number of rotatable bonds is 2. The molecule has 4 heteroatoms. The normalized spacial score (nSPS) is 11.2. The van der Waals surface area contributed by atoms with Crippen molar-refractivity contribution in [2.45, 2.75) is 13.8 Å². The highest BCUT2D eigenvalue weighted by Gasteiger charge is 2.05. The molecule has 0 N–H and O–H groups in total. The molecule has 0 aliphatic carbocycles. The van der Waals surface area contributed by atoms with Crippen LogP contribution >= 0.6 is 11.6 Å². The zero-order valence-corrected chi connectivity index (χ0v) is 11.8. The lowest BCUT2D eigenvalue weighted by Crippen LogP contribution is -1.94. The van der Waals surface area contributed by atoms with Gasteiger partial charge in [0, 0.05) is 17.0 Å². The Balaban J connectivity index is 2.52. The Hall–Kier alpha value is -1.87. The number of hydrogen-bond donors (Lipinski definition) is 0. The van der Waals surface area contributed by atoms with Gasteiger partial charge in [0.1, 0.15) is 5.15 Å². The monoisotopic (exact) mass is 275 g/mol. The minimum absolute atomic E-state index is 0.371. The summed E-state index contributed by atoms with van der Waals surface area (Å²) in [6.45, 7) is 4.09. The maximum absolute atomic E-state index is 11.1. The second-order valence-electron chi connectivity index (χ2n) is 4.35. The van der Waals surface area contributed by atoms with Crippen LogP contribution in [-0.2, 0) is 9.53 Å². The van der Waals surface area contributed by atoms with Gasteiger partial charge in [-0.1, -0.05) is 11.6 Å². The molecule has 0 fully saturated rings. The van der Waals surface area contributed by atoms with Crippen LogP contribution in [0, 0.1) is 13.8 Å². The predicted molar refractivity (Wildman–Crippen MR) is 77.3 cm³/mol. The second kappa shape index (κ2) is 5.41. The first-order valence-corrected chi connectivity index (χ1v) is 6.22. The van der Waals surface area contributed by atoms with Crippen LogP contribution in [0.2, 0.25) is 5.15 Å². The lowest BCUT2D eigenvalue weighted by molar-refractivity contribution is -0.134. The Morgan fingerprint density at radius 3 is 2.63 bits per heavy atom. The van der Waals surface area contributed by atoms with E-state index in [0.29, 0.717) is 10.7 Å². The van der Waals surface area contributed by atoms with Crippen molar-refractivity contribution in [3.8, 4) is 0 Å². The number of nitrogens with zero attached hydrogens (tertiary/aromatic N) is 1. The Morgan fingerprint density at radius 2 is 1.95 bits per heavy atom. The first-order valence-electron chi connectivity index (χ1n) is 5.85. The molecule has 0 radical (unpaired) electrons. The smallest absolute Gasteiger partial charge is 0.330 e. The molecule has 2 aromatic rings. The highest BCUT2D eigenvalue weighted by atomic mass is 35.5. The molecule has 19 heavy (non-hydrogen) atoms. The fourth-order valence-electron chi connectivity index (χ4n) is 1.78. The van der Waals surface area contributed by atoms with Gasteiger partial charge in [0.05, 0.1) is 12.6 Å². The lowest BCUT2D eigenvalue weighted by atomic mass is 10.0. The molecule has 0 bridgehead atoms. The third-order valence-corrected chi connectivity index (χ3v) is 3.31. The highest BCUT2D eigenvalue weighted by molar-refractivity contribution is 6.31. The van der Waals surface area contributed by atoms with Gasteiger partial charge in [0.2, 0.25) is 0 Å². The molecule has 0 atom stereocenters. The molecule has 2 rings (SSSR count). The van der Waals surface area contributed by atoms with Crippen LogP contribution in [0.5, 0.6) is 0 Å². The third-order valence-electron chi connectivity index (χ3n) is 3.01. The Labute approximate surface area is 116 Å². The van der Waals surface area contributed by atoms with Crippen molar-refractivity contribution in [3.05, 3.63) is 46.1 Å². The number of fused-ring (bicyclic) bond motifs is 1. The summed E-state index contributed by atoms with van der Waals surface area (Å²) >= 11 is 6.11. The first kappa shape index (κ1) is 13.6. The number of methoxy groups -OCH3 is 1. The van der Waals surface area contributed by atoms with E-state index < -0.39 is 5.97 Å². The van der Waals surface area contributed by atoms with Crippen molar-refractivity contribution >= 4 is 34.5 Å². The molecule has 3 nitrogen and oxygen atoms in total. The van der Waals surface area contributed by atoms with Gasteiger partial charge in [0.25, 0.3) is 0 Å². The topological polar surface area (TPSA) is 39.2 Å².